The molecule has 3 heterocycles. The second-order valence-corrected chi connectivity index (χ2v) is 15.6. The average Bonchev–Trinajstić information content (AvgIpc) is 3.84. The molecule has 0 fully saturated rings. The molecular weight excluding hydrogens is 733 g/mol. The molecule has 13 rings (SSSR count). The summed E-state index contributed by atoms with van der Waals surface area (Å²) in [6.07, 6.45) is 0. The van der Waals surface area contributed by atoms with E-state index >= 15 is 0 Å². The minimum absolute atomic E-state index is 0.578. The van der Waals surface area contributed by atoms with E-state index in [9.17, 15) is 0 Å². The number of hydrogen-bond donors (Lipinski definition) is 0. The van der Waals surface area contributed by atoms with Crippen LogP contribution in [0.15, 0.2) is 199 Å². The van der Waals surface area contributed by atoms with Crippen molar-refractivity contribution in [3.8, 4) is 39.9 Å². The molecule has 5 nitrogen and oxygen atoms in total. The van der Waals surface area contributed by atoms with E-state index < -0.39 is 0 Å². The van der Waals surface area contributed by atoms with Gasteiger partial charge in [-0.2, -0.15) is 0 Å². The molecule has 0 amide bonds. The van der Waals surface area contributed by atoms with Gasteiger partial charge in [0, 0.05) is 44.3 Å². The largest absolute Gasteiger partial charge is 0.456 e. The molecule has 5 heteroatoms. The summed E-state index contributed by atoms with van der Waals surface area (Å²) in [4.78, 5) is 16.3. The standard InChI is InChI=1S/C55H32N4O/c1-2-14-34-27-38(26-25-33(34)13-1)53-56-54(46-29-37-17-5-6-18-39(37)40-19-7-8-20-41(40)46)58-55(57-53)47-31-45-43-22-10-12-24-51(43)60-52(45)32-50(47)59-48-23-11-9-21-42(48)44-28-35-15-3-4-16-36(35)30-49(44)59/h1-32H. The molecule has 13 aromatic rings. The lowest BCUT2D eigenvalue weighted by molar-refractivity contribution is 0.668. The van der Waals surface area contributed by atoms with Crippen LogP contribution in [0.5, 0.6) is 0 Å². The summed E-state index contributed by atoms with van der Waals surface area (Å²) >= 11 is 0. The Morgan fingerprint density at radius 3 is 1.73 bits per heavy atom. The summed E-state index contributed by atoms with van der Waals surface area (Å²) < 4.78 is 8.99. The molecule has 0 bridgehead atoms. The van der Waals surface area contributed by atoms with E-state index in [2.05, 4.69) is 187 Å². The minimum atomic E-state index is 0.578. The van der Waals surface area contributed by atoms with Gasteiger partial charge in [-0.25, -0.2) is 15.0 Å². The highest BCUT2D eigenvalue weighted by Gasteiger charge is 2.23. The molecule has 0 unspecified atom stereocenters. The number of benzene rings is 10. The van der Waals surface area contributed by atoms with Gasteiger partial charge in [0.25, 0.3) is 0 Å². The molecule has 0 N–H and O–H groups in total. The van der Waals surface area contributed by atoms with Crippen LogP contribution >= 0.6 is 0 Å². The zero-order valence-electron chi connectivity index (χ0n) is 32.2. The third-order valence-electron chi connectivity index (χ3n) is 12.2. The van der Waals surface area contributed by atoms with Crippen LogP contribution < -0.4 is 0 Å². The van der Waals surface area contributed by atoms with Crippen LogP contribution in [-0.4, -0.2) is 19.5 Å². The first-order valence-electron chi connectivity index (χ1n) is 20.3. The van der Waals surface area contributed by atoms with Crippen molar-refractivity contribution < 1.29 is 4.42 Å². The molecule has 278 valence electrons. The molecule has 10 aromatic carbocycles. The summed E-state index contributed by atoms with van der Waals surface area (Å²) in [5.41, 5.74) is 7.48. The van der Waals surface area contributed by atoms with Gasteiger partial charge in [-0.05, 0) is 85.6 Å². The van der Waals surface area contributed by atoms with Gasteiger partial charge >= 0.3 is 0 Å². The van der Waals surface area contributed by atoms with Gasteiger partial charge in [0.2, 0.25) is 0 Å². The van der Waals surface area contributed by atoms with E-state index in [1.54, 1.807) is 0 Å². The summed E-state index contributed by atoms with van der Waals surface area (Å²) in [6, 6.07) is 68.7. The maximum Gasteiger partial charge on any atom is 0.166 e. The number of fused-ring (bicyclic) bond motifs is 11. The van der Waals surface area contributed by atoms with Gasteiger partial charge in [0.15, 0.2) is 17.5 Å². The highest BCUT2D eigenvalue weighted by atomic mass is 16.3. The quantitative estimate of drug-likeness (QED) is 0.167. The lowest BCUT2D eigenvalue weighted by Crippen LogP contribution is -2.04. The second kappa shape index (κ2) is 12.7. The average molecular weight is 765 g/mol. The SMILES string of the molecule is c1ccc2cc(-c3nc(-c4cc5c(cc4-n4c6ccccc6c6cc7ccccc7cc64)oc4ccccc45)nc(-c4cc5ccccc5c5ccccc45)n3)ccc2c1. The summed E-state index contributed by atoms with van der Waals surface area (Å²) in [6.45, 7) is 0. The minimum Gasteiger partial charge on any atom is -0.456 e. The highest BCUT2D eigenvalue weighted by molar-refractivity contribution is 6.16. The molecular formula is C55H32N4O. The van der Waals surface area contributed by atoms with Gasteiger partial charge in [-0.3, -0.25) is 0 Å². The van der Waals surface area contributed by atoms with Crippen molar-refractivity contribution in [1.82, 2.24) is 19.5 Å². The van der Waals surface area contributed by atoms with E-state index in [1.165, 1.54) is 26.9 Å². The fraction of sp³-hybridized carbons (Fsp3) is 0. The third kappa shape index (κ3) is 4.96. The monoisotopic (exact) mass is 764 g/mol. The van der Waals surface area contributed by atoms with Gasteiger partial charge in [0.05, 0.1) is 16.7 Å². The van der Waals surface area contributed by atoms with Gasteiger partial charge in [-0.15, -0.1) is 0 Å². The molecule has 0 radical (unpaired) electrons. The van der Waals surface area contributed by atoms with Crippen molar-refractivity contribution in [2.75, 3.05) is 0 Å². The number of nitrogens with zero attached hydrogens (tertiary/aromatic N) is 4. The maximum absolute atomic E-state index is 6.63. The van der Waals surface area contributed by atoms with E-state index in [0.717, 1.165) is 82.3 Å². The van der Waals surface area contributed by atoms with Crippen molar-refractivity contribution in [1.29, 1.82) is 0 Å². The van der Waals surface area contributed by atoms with Crippen LogP contribution in [0.4, 0.5) is 0 Å². The zero-order valence-corrected chi connectivity index (χ0v) is 32.2. The summed E-state index contributed by atoms with van der Waals surface area (Å²) in [5.74, 6) is 1.80. The molecule has 3 aromatic heterocycles. The Labute approximate surface area is 343 Å². The highest BCUT2D eigenvalue weighted by Crippen LogP contribution is 2.42. The van der Waals surface area contributed by atoms with Crippen molar-refractivity contribution in [3.05, 3.63) is 194 Å². The second-order valence-electron chi connectivity index (χ2n) is 15.6. The molecule has 0 aliphatic heterocycles. The van der Waals surface area contributed by atoms with Crippen LogP contribution in [0.2, 0.25) is 0 Å². The van der Waals surface area contributed by atoms with Crippen molar-refractivity contribution >= 4 is 86.8 Å². The normalized spacial score (nSPS) is 12.0. The number of rotatable bonds is 4. The number of para-hydroxylation sites is 2. The molecule has 0 saturated heterocycles. The van der Waals surface area contributed by atoms with Crippen molar-refractivity contribution in [3.63, 3.8) is 0 Å². The van der Waals surface area contributed by atoms with Gasteiger partial charge < -0.3 is 8.98 Å². The Morgan fingerprint density at radius 1 is 0.317 bits per heavy atom. The first-order chi connectivity index (χ1) is 29.7. The first kappa shape index (κ1) is 32.9. The Hall–Kier alpha value is -8.15. The van der Waals surface area contributed by atoms with Gasteiger partial charge in [-0.1, -0.05) is 146 Å². The topological polar surface area (TPSA) is 56.7 Å². The van der Waals surface area contributed by atoms with E-state index in [4.69, 9.17) is 19.4 Å². The Kier molecular flexibility index (Phi) is 6.95. The predicted molar refractivity (Wildman–Crippen MR) is 248 cm³/mol. The Morgan fingerprint density at radius 2 is 0.917 bits per heavy atom. The van der Waals surface area contributed by atoms with Crippen LogP contribution in [0.1, 0.15) is 0 Å². The fourth-order valence-corrected chi connectivity index (χ4v) is 9.35. The van der Waals surface area contributed by atoms with E-state index in [0.29, 0.717) is 17.5 Å². The van der Waals surface area contributed by atoms with Crippen LogP contribution in [0.3, 0.4) is 0 Å². The van der Waals surface area contributed by atoms with Crippen molar-refractivity contribution in [2.45, 2.75) is 0 Å². The Bertz CT molecular complexity index is 3910. The van der Waals surface area contributed by atoms with E-state index in [-0.39, 0.29) is 0 Å². The summed E-state index contributed by atoms with van der Waals surface area (Å²) in [5, 5.41) is 13.6. The first-order valence-corrected chi connectivity index (χ1v) is 20.3. The van der Waals surface area contributed by atoms with Crippen LogP contribution in [-0.2, 0) is 0 Å². The third-order valence-corrected chi connectivity index (χ3v) is 12.2. The molecule has 0 spiro atoms. The number of hydrogen-bond acceptors (Lipinski definition) is 4. The maximum atomic E-state index is 6.63. The van der Waals surface area contributed by atoms with E-state index in [1.807, 2.05) is 12.1 Å². The molecule has 0 saturated carbocycles. The number of furan rings is 1. The number of aromatic nitrogens is 4. The fourth-order valence-electron chi connectivity index (χ4n) is 9.35. The zero-order chi connectivity index (χ0) is 39.3. The van der Waals surface area contributed by atoms with Crippen LogP contribution in [0, 0.1) is 0 Å². The molecule has 0 aliphatic carbocycles. The van der Waals surface area contributed by atoms with Crippen molar-refractivity contribution in [2.24, 2.45) is 0 Å². The smallest absolute Gasteiger partial charge is 0.166 e. The van der Waals surface area contributed by atoms with Gasteiger partial charge in [0.1, 0.15) is 11.2 Å². The van der Waals surface area contributed by atoms with Crippen LogP contribution in [0.25, 0.3) is 127 Å². The molecule has 0 aliphatic rings. The lowest BCUT2D eigenvalue weighted by Gasteiger charge is -2.16. The molecule has 60 heavy (non-hydrogen) atoms. The molecule has 0 atom stereocenters. The predicted octanol–water partition coefficient (Wildman–Crippen LogP) is 14.5. The lowest BCUT2D eigenvalue weighted by atomic mass is 9.96. The Balaban J connectivity index is 1.17. The summed E-state index contributed by atoms with van der Waals surface area (Å²) in [7, 11) is 0.